The summed E-state index contributed by atoms with van der Waals surface area (Å²) in [5, 5.41) is 0. The van der Waals surface area contributed by atoms with Crippen LogP contribution < -0.4 is 0 Å². The van der Waals surface area contributed by atoms with Gasteiger partial charge >= 0.3 is 0 Å². The van der Waals surface area contributed by atoms with Crippen LogP contribution in [-0.4, -0.2) is 9.38 Å². The SMILES string of the molecule is Fc1c(-c2ccc(I)cc2)nc2ccccn12. The van der Waals surface area contributed by atoms with E-state index in [1.54, 1.807) is 18.3 Å². The molecule has 2 nitrogen and oxygen atoms in total. The number of hydrogen-bond acceptors (Lipinski definition) is 1. The predicted molar refractivity (Wildman–Crippen MR) is 73.3 cm³/mol. The first-order chi connectivity index (χ1) is 8.25. The van der Waals surface area contributed by atoms with Crippen molar-refractivity contribution >= 4 is 28.2 Å². The van der Waals surface area contributed by atoms with E-state index in [0.29, 0.717) is 11.3 Å². The summed E-state index contributed by atoms with van der Waals surface area (Å²) in [6.45, 7) is 0. The van der Waals surface area contributed by atoms with Gasteiger partial charge in [-0.1, -0.05) is 18.2 Å². The summed E-state index contributed by atoms with van der Waals surface area (Å²) in [6.07, 6.45) is 1.67. The van der Waals surface area contributed by atoms with E-state index in [1.165, 1.54) is 4.40 Å². The number of hydrogen-bond donors (Lipinski definition) is 0. The highest BCUT2D eigenvalue weighted by Crippen LogP contribution is 2.23. The van der Waals surface area contributed by atoms with Crippen LogP contribution in [0.15, 0.2) is 48.7 Å². The summed E-state index contributed by atoms with van der Waals surface area (Å²) in [5.41, 5.74) is 1.82. The Balaban J connectivity index is 2.24. The number of pyridine rings is 1. The molecular formula is C13H8FIN2. The Morgan fingerprint density at radius 3 is 2.53 bits per heavy atom. The second-order valence-corrected chi connectivity index (χ2v) is 4.93. The lowest BCUT2D eigenvalue weighted by Crippen LogP contribution is -1.87. The molecule has 0 fully saturated rings. The van der Waals surface area contributed by atoms with Crippen molar-refractivity contribution in [2.75, 3.05) is 0 Å². The van der Waals surface area contributed by atoms with E-state index in [9.17, 15) is 4.39 Å². The van der Waals surface area contributed by atoms with Gasteiger partial charge in [0.25, 0.3) is 0 Å². The highest BCUT2D eigenvalue weighted by Gasteiger charge is 2.12. The van der Waals surface area contributed by atoms with Gasteiger partial charge in [-0.25, -0.2) is 4.98 Å². The molecule has 2 heterocycles. The normalized spacial score (nSPS) is 10.9. The molecule has 0 aliphatic carbocycles. The largest absolute Gasteiger partial charge is 0.276 e. The molecule has 0 spiro atoms. The van der Waals surface area contributed by atoms with E-state index < -0.39 is 0 Å². The Kier molecular flexibility index (Phi) is 2.58. The maximum absolute atomic E-state index is 14.1. The van der Waals surface area contributed by atoms with Gasteiger partial charge in [-0.3, -0.25) is 4.40 Å². The lowest BCUT2D eigenvalue weighted by Gasteiger charge is -1.97. The zero-order valence-corrected chi connectivity index (χ0v) is 10.9. The number of rotatable bonds is 1. The molecule has 0 N–H and O–H groups in total. The van der Waals surface area contributed by atoms with Crippen molar-refractivity contribution in [1.29, 1.82) is 0 Å². The standard InChI is InChI=1S/C13H8FIN2/c14-13-12(9-4-6-10(15)7-5-9)16-11-3-1-2-8-17(11)13/h1-8H. The molecule has 0 unspecified atom stereocenters. The van der Waals surface area contributed by atoms with E-state index in [1.807, 2.05) is 30.3 Å². The van der Waals surface area contributed by atoms with Crippen molar-refractivity contribution in [1.82, 2.24) is 9.38 Å². The summed E-state index contributed by atoms with van der Waals surface area (Å²) in [7, 11) is 0. The summed E-state index contributed by atoms with van der Waals surface area (Å²) < 4.78 is 16.7. The fraction of sp³-hybridized carbons (Fsp3) is 0. The van der Waals surface area contributed by atoms with Gasteiger partial charge in [0.05, 0.1) is 0 Å². The van der Waals surface area contributed by atoms with E-state index in [0.717, 1.165) is 9.13 Å². The molecule has 3 rings (SSSR count). The smallest absolute Gasteiger partial charge is 0.225 e. The van der Waals surface area contributed by atoms with Crippen molar-refractivity contribution in [2.45, 2.75) is 0 Å². The van der Waals surface area contributed by atoms with Crippen LogP contribution in [0, 0.1) is 9.52 Å². The Hall–Kier alpha value is -1.43. The molecule has 0 aliphatic heterocycles. The summed E-state index contributed by atoms with van der Waals surface area (Å²) in [4.78, 5) is 4.30. The van der Waals surface area contributed by atoms with E-state index >= 15 is 0 Å². The number of halogens is 2. The summed E-state index contributed by atoms with van der Waals surface area (Å²) in [5.74, 6) is -0.318. The van der Waals surface area contributed by atoms with Crippen LogP contribution in [0.2, 0.25) is 0 Å². The van der Waals surface area contributed by atoms with Gasteiger partial charge in [0.1, 0.15) is 11.3 Å². The third-order valence-corrected chi connectivity index (χ3v) is 3.31. The quantitative estimate of drug-likeness (QED) is 0.618. The molecule has 1 aromatic carbocycles. The van der Waals surface area contributed by atoms with Crippen molar-refractivity contribution in [3.8, 4) is 11.3 Å². The molecule has 2 aromatic heterocycles. The van der Waals surface area contributed by atoms with Crippen LogP contribution in [0.5, 0.6) is 0 Å². The van der Waals surface area contributed by atoms with E-state index in [-0.39, 0.29) is 5.95 Å². The van der Waals surface area contributed by atoms with Crippen LogP contribution in [-0.2, 0) is 0 Å². The van der Waals surface area contributed by atoms with Crippen LogP contribution in [0.1, 0.15) is 0 Å². The molecule has 4 heteroatoms. The van der Waals surface area contributed by atoms with E-state index in [2.05, 4.69) is 27.6 Å². The number of aromatic nitrogens is 2. The first kappa shape index (κ1) is 10.7. The third kappa shape index (κ3) is 1.82. The topological polar surface area (TPSA) is 17.3 Å². The van der Waals surface area contributed by atoms with Gasteiger partial charge in [-0.15, -0.1) is 0 Å². The summed E-state index contributed by atoms with van der Waals surface area (Å²) >= 11 is 2.22. The molecule has 3 aromatic rings. The Bertz CT molecular complexity index is 673. The van der Waals surface area contributed by atoms with Crippen molar-refractivity contribution in [3.05, 3.63) is 58.2 Å². The molecular weight excluding hydrogens is 330 g/mol. The first-order valence-electron chi connectivity index (χ1n) is 5.14. The van der Waals surface area contributed by atoms with Crippen LogP contribution >= 0.6 is 22.6 Å². The molecule has 0 saturated carbocycles. The summed E-state index contributed by atoms with van der Waals surface area (Å²) in [6, 6.07) is 13.1. The number of fused-ring (bicyclic) bond motifs is 1. The Morgan fingerprint density at radius 1 is 1.06 bits per heavy atom. The highest BCUT2D eigenvalue weighted by molar-refractivity contribution is 14.1. The molecule has 0 radical (unpaired) electrons. The minimum atomic E-state index is -0.318. The third-order valence-electron chi connectivity index (χ3n) is 2.59. The molecule has 0 saturated heterocycles. The average molecular weight is 338 g/mol. The molecule has 84 valence electrons. The first-order valence-corrected chi connectivity index (χ1v) is 6.22. The van der Waals surface area contributed by atoms with Crippen molar-refractivity contribution < 1.29 is 4.39 Å². The maximum Gasteiger partial charge on any atom is 0.225 e. The second kappa shape index (κ2) is 4.10. The van der Waals surface area contributed by atoms with Gasteiger partial charge in [0.15, 0.2) is 0 Å². The van der Waals surface area contributed by atoms with Crippen molar-refractivity contribution in [2.24, 2.45) is 0 Å². The Morgan fingerprint density at radius 2 is 1.82 bits per heavy atom. The second-order valence-electron chi connectivity index (χ2n) is 3.69. The van der Waals surface area contributed by atoms with Gasteiger partial charge in [0.2, 0.25) is 5.95 Å². The monoisotopic (exact) mass is 338 g/mol. The average Bonchev–Trinajstić information content (AvgIpc) is 2.69. The van der Waals surface area contributed by atoms with Crippen molar-refractivity contribution in [3.63, 3.8) is 0 Å². The lowest BCUT2D eigenvalue weighted by molar-refractivity contribution is 0.576. The van der Waals surface area contributed by atoms with Crippen LogP contribution in [0.3, 0.4) is 0 Å². The van der Waals surface area contributed by atoms with E-state index in [4.69, 9.17) is 0 Å². The van der Waals surface area contributed by atoms with Gasteiger partial charge in [-0.05, 0) is 46.9 Å². The molecule has 0 amide bonds. The minimum absolute atomic E-state index is 0.318. The van der Waals surface area contributed by atoms with Crippen LogP contribution in [0.4, 0.5) is 4.39 Å². The molecule has 0 bridgehead atoms. The zero-order valence-electron chi connectivity index (χ0n) is 8.77. The fourth-order valence-corrected chi connectivity index (χ4v) is 2.12. The molecule has 0 atom stereocenters. The number of imidazole rings is 1. The van der Waals surface area contributed by atoms with Gasteiger partial charge in [-0.2, -0.15) is 4.39 Å². The van der Waals surface area contributed by atoms with Gasteiger partial charge < -0.3 is 0 Å². The molecule has 0 aliphatic rings. The molecule has 17 heavy (non-hydrogen) atoms. The van der Waals surface area contributed by atoms with Crippen LogP contribution in [0.25, 0.3) is 16.9 Å². The fourth-order valence-electron chi connectivity index (χ4n) is 1.76. The lowest BCUT2D eigenvalue weighted by atomic mass is 10.2. The van der Waals surface area contributed by atoms with Gasteiger partial charge in [0, 0.05) is 15.3 Å². The maximum atomic E-state index is 14.1. The highest BCUT2D eigenvalue weighted by atomic mass is 127. The zero-order chi connectivity index (χ0) is 11.8. The number of nitrogens with zero attached hydrogens (tertiary/aromatic N) is 2. The number of benzene rings is 1. The predicted octanol–water partition coefficient (Wildman–Crippen LogP) is 3.75. The Labute approximate surface area is 111 Å². The minimum Gasteiger partial charge on any atom is -0.276 e.